The second kappa shape index (κ2) is 5.14. The van der Waals surface area contributed by atoms with Crippen molar-refractivity contribution in [2.45, 2.75) is 29.8 Å². The molecule has 0 aromatic heterocycles. The molecule has 2 aliphatic rings. The average molecular weight is 278 g/mol. The van der Waals surface area contributed by atoms with Crippen LogP contribution in [0.2, 0.25) is 0 Å². The standard InChI is InChI=1S/C19H18S/c1-2-5-14(6-3-1)15-7-4-8-16(11-15)17-12-18-9-10-19(13-17)20-18/h1-8,11-12,18-19H,9-10,13H2. The predicted molar refractivity (Wildman–Crippen MR) is 88.9 cm³/mol. The molecule has 2 bridgehead atoms. The number of fused-ring (bicyclic) bond motifs is 2. The molecular formula is C19H18S. The summed E-state index contributed by atoms with van der Waals surface area (Å²) >= 11 is 2.17. The molecular weight excluding hydrogens is 260 g/mol. The van der Waals surface area contributed by atoms with Crippen LogP contribution in [0.25, 0.3) is 16.7 Å². The summed E-state index contributed by atoms with van der Waals surface area (Å²) in [6.07, 6.45) is 6.53. The summed E-state index contributed by atoms with van der Waals surface area (Å²) in [7, 11) is 0. The first kappa shape index (κ1) is 12.3. The van der Waals surface area contributed by atoms with E-state index in [9.17, 15) is 0 Å². The summed E-state index contributed by atoms with van der Waals surface area (Å²) in [6.45, 7) is 0. The Kier molecular flexibility index (Phi) is 3.16. The van der Waals surface area contributed by atoms with Gasteiger partial charge in [0.15, 0.2) is 0 Å². The van der Waals surface area contributed by atoms with Gasteiger partial charge in [-0.3, -0.25) is 0 Å². The number of rotatable bonds is 2. The average Bonchev–Trinajstić information content (AvgIpc) is 2.86. The lowest BCUT2D eigenvalue weighted by molar-refractivity contribution is 0.790. The van der Waals surface area contributed by atoms with Crippen LogP contribution in [0.4, 0.5) is 0 Å². The molecule has 0 amide bonds. The van der Waals surface area contributed by atoms with Gasteiger partial charge in [0.2, 0.25) is 0 Å². The molecule has 0 saturated carbocycles. The Morgan fingerprint density at radius 2 is 1.60 bits per heavy atom. The SMILES string of the molecule is C1=C(c2cccc(-c3ccccc3)c2)CC2CCC1S2. The van der Waals surface area contributed by atoms with E-state index in [1.165, 1.54) is 36.0 Å². The molecule has 1 fully saturated rings. The molecule has 20 heavy (non-hydrogen) atoms. The zero-order chi connectivity index (χ0) is 13.4. The summed E-state index contributed by atoms with van der Waals surface area (Å²) in [5, 5.41) is 1.63. The molecule has 1 heteroatoms. The lowest BCUT2D eigenvalue weighted by atomic mass is 9.96. The highest BCUT2D eigenvalue weighted by Gasteiger charge is 2.29. The van der Waals surface area contributed by atoms with Crippen molar-refractivity contribution in [3.63, 3.8) is 0 Å². The van der Waals surface area contributed by atoms with Crippen LogP contribution in [0.15, 0.2) is 60.7 Å². The van der Waals surface area contributed by atoms with E-state index >= 15 is 0 Å². The quantitative estimate of drug-likeness (QED) is 0.708. The minimum absolute atomic E-state index is 0.768. The molecule has 2 unspecified atom stereocenters. The highest BCUT2D eigenvalue weighted by Crippen LogP contribution is 2.45. The molecule has 0 spiro atoms. The molecule has 2 aliphatic heterocycles. The van der Waals surface area contributed by atoms with Gasteiger partial charge >= 0.3 is 0 Å². The molecule has 0 nitrogen and oxygen atoms in total. The van der Waals surface area contributed by atoms with Crippen molar-refractivity contribution in [3.8, 4) is 11.1 Å². The summed E-state index contributed by atoms with van der Waals surface area (Å²) in [5.41, 5.74) is 5.62. The van der Waals surface area contributed by atoms with Gasteiger partial charge in [-0.2, -0.15) is 11.8 Å². The van der Waals surface area contributed by atoms with Crippen molar-refractivity contribution < 1.29 is 0 Å². The Morgan fingerprint density at radius 1 is 0.800 bits per heavy atom. The van der Waals surface area contributed by atoms with E-state index in [2.05, 4.69) is 72.4 Å². The number of allylic oxidation sites excluding steroid dienone is 1. The molecule has 2 aromatic carbocycles. The van der Waals surface area contributed by atoms with Crippen LogP contribution in [-0.4, -0.2) is 10.5 Å². The van der Waals surface area contributed by atoms with Crippen LogP contribution in [0.5, 0.6) is 0 Å². The maximum Gasteiger partial charge on any atom is 0.0236 e. The van der Waals surface area contributed by atoms with E-state index in [4.69, 9.17) is 0 Å². The fourth-order valence-electron chi connectivity index (χ4n) is 3.29. The maximum absolute atomic E-state index is 2.51. The molecule has 4 rings (SSSR count). The second-order valence-corrected chi connectivity index (χ2v) is 7.26. The fourth-order valence-corrected chi connectivity index (χ4v) is 4.84. The van der Waals surface area contributed by atoms with Gasteiger partial charge in [0.25, 0.3) is 0 Å². The van der Waals surface area contributed by atoms with Gasteiger partial charge in [0, 0.05) is 10.5 Å². The molecule has 2 atom stereocenters. The lowest BCUT2D eigenvalue weighted by Crippen LogP contribution is -2.05. The Labute approximate surface area is 124 Å². The van der Waals surface area contributed by atoms with E-state index in [0.29, 0.717) is 0 Å². The van der Waals surface area contributed by atoms with Gasteiger partial charge in [-0.15, -0.1) is 0 Å². The molecule has 2 heterocycles. The van der Waals surface area contributed by atoms with Crippen molar-refractivity contribution in [3.05, 3.63) is 66.2 Å². The summed E-state index contributed by atoms with van der Waals surface area (Å²) < 4.78 is 0. The zero-order valence-electron chi connectivity index (χ0n) is 11.5. The van der Waals surface area contributed by atoms with Crippen LogP contribution in [0, 0.1) is 0 Å². The topological polar surface area (TPSA) is 0 Å². The van der Waals surface area contributed by atoms with Gasteiger partial charge in [-0.05, 0) is 47.6 Å². The molecule has 100 valence electrons. The first-order chi connectivity index (χ1) is 9.88. The number of hydrogen-bond donors (Lipinski definition) is 0. The molecule has 0 radical (unpaired) electrons. The Bertz CT molecular complexity index is 642. The Balaban J connectivity index is 1.70. The minimum Gasteiger partial charge on any atom is -0.151 e. The van der Waals surface area contributed by atoms with Crippen molar-refractivity contribution in [1.29, 1.82) is 0 Å². The van der Waals surface area contributed by atoms with E-state index in [-0.39, 0.29) is 0 Å². The third kappa shape index (κ3) is 2.31. The third-order valence-electron chi connectivity index (χ3n) is 4.32. The van der Waals surface area contributed by atoms with Crippen LogP contribution in [0.3, 0.4) is 0 Å². The Hall–Kier alpha value is -1.47. The third-order valence-corrected chi connectivity index (χ3v) is 5.82. The molecule has 0 N–H and O–H groups in total. The van der Waals surface area contributed by atoms with Crippen LogP contribution in [-0.2, 0) is 0 Å². The van der Waals surface area contributed by atoms with Crippen molar-refractivity contribution in [1.82, 2.24) is 0 Å². The number of thioether (sulfide) groups is 1. The minimum atomic E-state index is 0.768. The highest BCUT2D eigenvalue weighted by atomic mass is 32.2. The lowest BCUT2D eigenvalue weighted by Gasteiger charge is -2.20. The first-order valence-electron chi connectivity index (χ1n) is 7.40. The number of hydrogen-bond acceptors (Lipinski definition) is 1. The first-order valence-corrected chi connectivity index (χ1v) is 8.35. The normalized spacial score (nSPS) is 24.5. The van der Waals surface area contributed by atoms with Gasteiger partial charge in [0.1, 0.15) is 0 Å². The van der Waals surface area contributed by atoms with Crippen LogP contribution in [0.1, 0.15) is 24.8 Å². The van der Waals surface area contributed by atoms with Crippen LogP contribution >= 0.6 is 11.8 Å². The highest BCUT2D eigenvalue weighted by molar-refractivity contribution is 8.01. The monoisotopic (exact) mass is 278 g/mol. The van der Waals surface area contributed by atoms with Crippen molar-refractivity contribution >= 4 is 17.3 Å². The van der Waals surface area contributed by atoms with E-state index in [1.807, 2.05) is 0 Å². The van der Waals surface area contributed by atoms with E-state index in [1.54, 1.807) is 5.57 Å². The molecule has 2 aromatic rings. The molecule has 1 saturated heterocycles. The molecule has 0 aliphatic carbocycles. The van der Waals surface area contributed by atoms with Crippen LogP contribution < -0.4 is 0 Å². The van der Waals surface area contributed by atoms with Gasteiger partial charge in [0.05, 0.1) is 0 Å². The van der Waals surface area contributed by atoms with Gasteiger partial charge < -0.3 is 0 Å². The smallest absolute Gasteiger partial charge is 0.0236 e. The van der Waals surface area contributed by atoms with Gasteiger partial charge in [-0.25, -0.2) is 0 Å². The Morgan fingerprint density at radius 3 is 2.45 bits per heavy atom. The van der Waals surface area contributed by atoms with E-state index in [0.717, 1.165) is 10.5 Å². The largest absolute Gasteiger partial charge is 0.151 e. The summed E-state index contributed by atoms with van der Waals surface area (Å²) in [5.74, 6) is 0. The van der Waals surface area contributed by atoms with Gasteiger partial charge in [-0.1, -0.05) is 54.6 Å². The number of benzene rings is 2. The fraction of sp³-hybridized carbons (Fsp3) is 0.263. The second-order valence-electron chi connectivity index (χ2n) is 5.72. The maximum atomic E-state index is 2.51. The van der Waals surface area contributed by atoms with Crippen molar-refractivity contribution in [2.75, 3.05) is 0 Å². The summed E-state index contributed by atoms with van der Waals surface area (Å²) in [4.78, 5) is 0. The van der Waals surface area contributed by atoms with E-state index < -0.39 is 0 Å². The summed E-state index contributed by atoms with van der Waals surface area (Å²) in [6, 6.07) is 19.7. The predicted octanol–water partition coefficient (Wildman–Crippen LogP) is 5.40. The zero-order valence-corrected chi connectivity index (χ0v) is 12.3. The van der Waals surface area contributed by atoms with Crippen molar-refractivity contribution in [2.24, 2.45) is 0 Å².